The molecule has 0 aliphatic heterocycles. The summed E-state index contributed by atoms with van der Waals surface area (Å²) in [6, 6.07) is 3.65. The molecule has 4 nitrogen and oxygen atoms in total. The van der Waals surface area contributed by atoms with E-state index in [0.29, 0.717) is 5.69 Å². The van der Waals surface area contributed by atoms with Gasteiger partial charge in [-0.2, -0.15) is 0 Å². The standard InChI is InChI=1S/C14H23N3O/c1-6-14(3,4)17(5)13(18)12-9-8-11(10-16-12)15-7-2/h8-10,15H,6-7H2,1-5H3. The van der Waals surface area contributed by atoms with Crippen LogP contribution in [0, 0.1) is 0 Å². The van der Waals surface area contributed by atoms with Gasteiger partial charge in [-0.25, -0.2) is 4.98 Å². The van der Waals surface area contributed by atoms with Gasteiger partial charge in [0.2, 0.25) is 0 Å². The lowest BCUT2D eigenvalue weighted by molar-refractivity contribution is 0.0614. The number of anilines is 1. The zero-order valence-electron chi connectivity index (χ0n) is 11.9. The molecule has 18 heavy (non-hydrogen) atoms. The van der Waals surface area contributed by atoms with Crippen molar-refractivity contribution in [3.8, 4) is 0 Å². The number of hydrogen-bond donors (Lipinski definition) is 1. The van der Waals surface area contributed by atoms with Crippen LogP contribution in [0.2, 0.25) is 0 Å². The van der Waals surface area contributed by atoms with E-state index in [2.05, 4.69) is 31.1 Å². The number of carbonyl (C=O) groups excluding carboxylic acids is 1. The SMILES string of the molecule is CCNc1ccc(C(=O)N(C)C(C)(C)CC)nc1. The smallest absolute Gasteiger partial charge is 0.272 e. The summed E-state index contributed by atoms with van der Waals surface area (Å²) in [6.45, 7) is 9.05. The average Bonchev–Trinajstić information content (AvgIpc) is 2.38. The molecule has 1 N–H and O–H groups in total. The minimum Gasteiger partial charge on any atom is -0.384 e. The van der Waals surface area contributed by atoms with Crippen LogP contribution in [0.5, 0.6) is 0 Å². The number of carbonyl (C=O) groups is 1. The lowest BCUT2D eigenvalue weighted by Crippen LogP contribution is -2.44. The van der Waals surface area contributed by atoms with Crippen molar-refractivity contribution in [1.82, 2.24) is 9.88 Å². The van der Waals surface area contributed by atoms with Gasteiger partial charge in [-0.15, -0.1) is 0 Å². The van der Waals surface area contributed by atoms with Crippen LogP contribution >= 0.6 is 0 Å². The lowest BCUT2D eigenvalue weighted by atomic mass is 9.99. The molecule has 100 valence electrons. The van der Waals surface area contributed by atoms with Gasteiger partial charge in [0, 0.05) is 19.1 Å². The van der Waals surface area contributed by atoms with Crippen molar-refractivity contribution in [2.45, 2.75) is 39.7 Å². The van der Waals surface area contributed by atoms with E-state index >= 15 is 0 Å². The fourth-order valence-electron chi connectivity index (χ4n) is 1.51. The Morgan fingerprint density at radius 1 is 1.39 bits per heavy atom. The number of nitrogens with one attached hydrogen (secondary N) is 1. The van der Waals surface area contributed by atoms with E-state index < -0.39 is 0 Å². The maximum Gasteiger partial charge on any atom is 0.272 e. The van der Waals surface area contributed by atoms with Gasteiger partial charge in [0.1, 0.15) is 5.69 Å². The average molecular weight is 249 g/mol. The Morgan fingerprint density at radius 3 is 2.50 bits per heavy atom. The van der Waals surface area contributed by atoms with Gasteiger partial charge in [0.15, 0.2) is 0 Å². The molecule has 0 atom stereocenters. The Morgan fingerprint density at radius 2 is 2.06 bits per heavy atom. The van der Waals surface area contributed by atoms with Crippen LogP contribution in [0.15, 0.2) is 18.3 Å². The topological polar surface area (TPSA) is 45.2 Å². The summed E-state index contributed by atoms with van der Waals surface area (Å²) >= 11 is 0. The van der Waals surface area contributed by atoms with Crippen LogP contribution in [0.3, 0.4) is 0 Å². The highest BCUT2D eigenvalue weighted by atomic mass is 16.2. The normalized spacial score (nSPS) is 11.2. The van der Waals surface area contributed by atoms with Crippen LogP contribution in [0.1, 0.15) is 44.6 Å². The minimum atomic E-state index is -0.154. The third-order valence-corrected chi connectivity index (χ3v) is 3.44. The van der Waals surface area contributed by atoms with Gasteiger partial charge in [0.05, 0.1) is 11.9 Å². The zero-order valence-corrected chi connectivity index (χ0v) is 11.9. The number of hydrogen-bond acceptors (Lipinski definition) is 3. The van der Waals surface area contributed by atoms with Gasteiger partial charge < -0.3 is 10.2 Å². The van der Waals surface area contributed by atoms with E-state index in [4.69, 9.17) is 0 Å². The van der Waals surface area contributed by atoms with Crippen molar-refractivity contribution < 1.29 is 4.79 Å². The lowest BCUT2D eigenvalue weighted by Gasteiger charge is -2.34. The number of aromatic nitrogens is 1. The van der Waals surface area contributed by atoms with E-state index in [-0.39, 0.29) is 11.4 Å². The molecule has 1 rings (SSSR count). The minimum absolute atomic E-state index is 0.0371. The molecular formula is C14H23N3O. The maximum atomic E-state index is 12.3. The molecule has 0 unspecified atom stereocenters. The van der Waals surface area contributed by atoms with Crippen molar-refractivity contribution in [2.24, 2.45) is 0 Å². The second-order valence-corrected chi connectivity index (χ2v) is 4.99. The fourth-order valence-corrected chi connectivity index (χ4v) is 1.51. The molecule has 0 radical (unpaired) electrons. The van der Waals surface area contributed by atoms with Gasteiger partial charge in [0.25, 0.3) is 5.91 Å². The quantitative estimate of drug-likeness (QED) is 0.872. The third kappa shape index (κ3) is 3.22. The van der Waals surface area contributed by atoms with Crippen molar-refractivity contribution in [2.75, 3.05) is 18.9 Å². The van der Waals surface area contributed by atoms with Crippen LogP contribution in [-0.2, 0) is 0 Å². The molecule has 1 aromatic rings. The second-order valence-electron chi connectivity index (χ2n) is 4.99. The van der Waals surface area contributed by atoms with Gasteiger partial charge in [-0.05, 0) is 39.3 Å². The molecule has 0 spiro atoms. The molecule has 0 aliphatic carbocycles. The molecular weight excluding hydrogens is 226 g/mol. The maximum absolute atomic E-state index is 12.3. The van der Waals surface area contributed by atoms with Crippen LogP contribution in [0.4, 0.5) is 5.69 Å². The van der Waals surface area contributed by atoms with Crippen LogP contribution in [-0.4, -0.2) is 34.9 Å². The Balaban J connectivity index is 2.84. The highest BCUT2D eigenvalue weighted by Gasteiger charge is 2.26. The van der Waals surface area contributed by atoms with Gasteiger partial charge in [-0.3, -0.25) is 4.79 Å². The molecule has 0 fully saturated rings. The summed E-state index contributed by atoms with van der Waals surface area (Å²) < 4.78 is 0. The van der Waals surface area contributed by atoms with Gasteiger partial charge >= 0.3 is 0 Å². The molecule has 1 amide bonds. The van der Waals surface area contributed by atoms with Crippen LogP contribution in [0.25, 0.3) is 0 Å². The zero-order chi connectivity index (χ0) is 13.8. The van der Waals surface area contributed by atoms with Crippen molar-refractivity contribution in [3.63, 3.8) is 0 Å². The van der Waals surface area contributed by atoms with E-state index in [1.54, 1.807) is 17.2 Å². The second kappa shape index (κ2) is 5.85. The van der Waals surface area contributed by atoms with Gasteiger partial charge in [-0.1, -0.05) is 6.92 Å². The number of amides is 1. The summed E-state index contributed by atoms with van der Waals surface area (Å²) in [7, 11) is 1.83. The molecule has 0 aromatic carbocycles. The summed E-state index contributed by atoms with van der Waals surface area (Å²) in [5.41, 5.74) is 1.27. The Bertz CT molecular complexity index is 398. The number of nitrogens with zero attached hydrogens (tertiary/aromatic N) is 2. The largest absolute Gasteiger partial charge is 0.384 e. The Hall–Kier alpha value is -1.58. The summed E-state index contributed by atoms with van der Waals surface area (Å²) in [6.07, 6.45) is 2.61. The summed E-state index contributed by atoms with van der Waals surface area (Å²) in [5.74, 6) is -0.0371. The molecule has 0 saturated heterocycles. The summed E-state index contributed by atoms with van der Waals surface area (Å²) in [4.78, 5) is 18.2. The first-order valence-corrected chi connectivity index (χ1v) is 6.40. The highest BCUT2D eigenvalue weighted by Crippen LogP contribution is 2.19. The Labute approximate surface area is 109 Å². The highest BCUT2D eigenvalue weighted by molar-refractivity contribution is 5.92. The van der Waals surface area contributed by atoms with E-state index in [0.717, 1.165) is 18.7 Å². The molecule has 1 heterocycles. The summed E-state index contributed by atoms with van der Waals surface area (Å²) in [5, 5.41) is 3.16. The van der Waals surface area contributed by atoms with Crippen LogP contribution < -0.4 is 5.32 Å². The fraction of sp³-hybridized carbons (Fsp3) is 0.571. The molecule has 0 aliphatic rings. The molecule has 0 bridgehead atoms. The number of rotatable bonds is 5. The van der Waals surface area contributed by atoms with Crippen molar-refractivity contribution in [1.29, 1.82) is 0 Å². The monoisotopic (exact) mass is 249 g/mol. The molecule has 1 aromatic heterocycles. The van der Waals surface area contributed by atoms with Crippen molar-refractivity contribution in [3.05, 3.63) is 24.0 Å². The number of pyridine rings is 1. The third-order valence-electron chi connectivity index (χ3n) is 3.44. The predicted octanol–water partition coefficient (Wildman–Crippen LogP) is 2.77. The van der Waals surface area contributed by atoms with E-state index in [1.165, 1.54) is 0 Å². The first-order chi connectivity index (χ1) is 8.42. The first kappa shape index (κ1) is 14.5. The first-order valence-electron chi connectivity index (χ1n) is 6.40. The van der Waals surface area contributed by atoms with E-state index in [9.17, 15) is 4.79 Å². The van der Waals surface area contributed by atoms with E-state index in [1.807, 2.05) is 20.0 Å². The molecule has 0 saturated carbocycles. The molecule has 4 heteroatoms. The predicted molar refractivity (Wildman–Crippen MR) is 74.9 cm³/mol. The Kier molecular flexibility index (Phi) is 4.70. The van der Waals surface area contributed by atoms with Crippen molar-refractivity contribution >= 4 is 11.6 Å².